The zero-order valence-electron chi connectivity index (χ0n) is 10.1. The largest absolute Gasteiger partial charge is 0.455 e. The SMILES string of the molecule is NCc1ccc(Oc2ccccc2C(N)=O)c(Br)c1. The van der Waals surface area contributed by atoms with Crippen LogP contribution in [-0.2, 0) is 6.54 Å². The van der Waals surface area contributed by atoms with Crippen LogP contribution in [0.3, 0.4) is 0 Å². The summed E-state index contributed by atoms with van der Waals surface area (Å²) in [5.74, 6) is 0.507. The van der Waals surface area contributed by atoms with Crippen molar-refractivity contribution >= 4 is 21.8 Å². The van der Waals surface area contributed by atoms with Crippen LogP contribution in [0.15, 0.2) is 46.9 Å². The number of nitrogens with two attached hydrogens (primary N) is 2. The highest BCUT2D eigenvalue weighted by Crippen LogP contribution is 2.32. The summed E-state index contributed by atoms with van der Waals surface area (Å²) in [7, 11) is 0. The summed E-state index contributed by atoms with van der Waals surface area (Å²) in [6, 6.07) is 12.4. The average Bonchev–Trinajstić information content (AvgIpc) is 2.41. The molecule has 0 spiro atoms. The van der Waals surface area contributed by atoms with Gasteiger partial charge in [-0.05, 0) is 45.8 Å². The fraction of sp³-hybridized carbons (Fsp3) is 0.0714. The molecular weight excluding hydrogens is 308 g/mol. The molecule has 0 heterocycles. The third kappa shape index (κ3) is 3.13. The van der Waals surface area contributed by atoms with Crippen LogP contribution in [0.4, 0.5) is 0 Å². The Morgan fingerprint density at radius 2 is 1.89 bits per heavy atom. The third-order valence-corrected chi connectivity index (χ3v) is 3.22. The van der Waals surface area contributed by atoms with Gasteiger partial charge in [0.05, 0.1) is 10.0 Å². The molecule has 0 radical (unpaired) electrons. The quantitative estimate of drug-likeness (QED) is 0.909. The van der Waals surface area contributed by atoms with E-state index < -0.39 is 5.91 Å². The molecule has 0 saturated carbocycles. The average molecular weight is 321 g/mol. The van der Waals surface area contributed by atoms with Gasteiger partial charge in [0.15, 0.2) is 0 Å². The molecule has 0 fully saturated rings. The Morgan fingerprint density at radius 1 is 1.16 bits per heavy atom. The summed E-state index contributed by atoms with van der Waals surface area (Å²) in [5, 5.41) is 0. The van der Waals surface area contributed by atoms with Crippen LogP contribution in [0.25, 0.3) is 0 Å². The van der Waals surface area contributed by atoms with Gasteiger partial charge in [-0.2, -0.15) is 0 Å². The van der Waals surface area contributed by atoms with E-state index in [1.165, 1.54) is 0 Å². The van der Waals surface area contributed by atoms with Gasteiger partial charge in [0.2, 0.25) is 0 Å². The first-order chi connectivity index (χ1) is 9.11. The van der Waals surface area contributed by atoms with E-state index in [0.717, 1.165) is 10.0 Å². The molecule has 4 nitrogen and oxygen atoms in total. The van der Waals surface area contributed by atoms with Gasteiger partial charge in [-0.15, -0.1) is 0 Å². The molecule has 2 aromatic carbocycles. The number of halogens is 1. The van der Waals surface area contributed by atoms with Gasteiger partial charge in [-0.3, -0.25) is 4.79 Å². The Bertz CT molecular complexity index is 614. The van der Waals surface area contributed by atoms with Crippen LogP contribution in [0, 0.1) is 0 Å². The van der Waals surface area contributed by atoms with Crippen molar-refractivity contribution in [3.05, 3.63) is 58.1 Å². The lowest BCUT2D eigenvalue weighted by atomic mass is 10.2. The predicted molar refractivity (Wildman–Crippen MR) is 77.1 cm³/mol. The van der Waals surface area contributed by atoms with E-state index in [0.29, 0.717) is 23.6 Å². The topological polar surface area (TPSA) is 78.3 Å². The Hall–Kier alpha value is -1.85. The van der Waals surface area contributed by atoms with E-state index >= 15 is 0 Å². The fourth-order valence-corrected chi connectivity index (χ4v) is 2.14. The van der Waals surface area contributed by atoms with Crippen molar-refractivity contribution in [1.29, 1.82) is 0 Å². The minimum Gasteiger partial charge on any atom is -0.455 e. The normalized spacial score (nSPS) is 10.2. The molecule has 5 heteroatoms. The zero-order chi connectivity index (χ0) is 13.8. The van der Waals surface area contributed by atoms with E-state index in [2.05, 4.69) is 15.9 Å². The highest BCUT2D eigenvalue weighted by Gasteiger charge is 2.11. The van der Waals surface area contributed by atoms with Crippen LogP contribution in [-0.4, -0.2) is 5.91 Å². The number of carbonyl (C=O) groups excluding carboxylic acids is 1. The van der Waals surface area contributed by atoms with Gasteiger partial charge in [0, 0.05) is 6.54 Å². The molecule has 0 aliphatic carbocycles. The van der Waals surface area contributed by atoms with Gasteiger partial charge in [-0.1, -0.05) is 18.2 Å². The molecule has 2 aromatic rings. The maximum Gasteiger partial charge on any atom is 0.252 e. The van der Waals surface area contributed by atoms with Crippen LogP contribution < -0.4 is 16.2 Å². The van der Waals surface area contributed by atoms with Crippen molar-refractivity contribution in [1.82, 2.24) is 0 Å². The summed E-state index contributed by atoms with van der Waals surface area (Å²) in [6.45, 7) is 0.455. The highest BCUT2D eigenvalue weighted by atomic mass is 79.9. The lowest BCUT2D eigenvalue weighted by Gasteiger charge is -2.11. The molecular formula is C14H13BrN2O2. The van der Waals surface area contributed by atoms with Gasteiger partial charge in [-0.25, -0.2) is 0 Å². The van der Waals surface area contributed by atoms with Gasteiger partial charge < -0.3 is 16.2 Å². The number of hydrogen-bond donors (Lipinski definition) is 2. The maximum atomic E-state index is 11.3. The number of ether oxygens (including phenoxy) is 1. The molecule has 0 saturated heterocycles. The van der Waals surface area contributed by atoms with Crippen LogP contribution in [0.1, 0.15) is 15.9 Å². The van der Waals surface area contributed by atoms with Crippen LogP contribution in [0.5, 0.6) is 11.5 Å². The number of carbonyl (C=O) groups is 1. The van der Waals surface area contributed by atoms with Crippen molar-refractivity contribution < 1.29 is 9.53 Å². The molecule has 0 aromatic heterocycles. The number of para-hydroxylation sites is 1. The van der Waals surface area contributed by atoms with E-state index in [1.54, 1.807) is 30.3 Å². The molecule has 98 valence electrons. The number of amides is 1. The second-order valence-electron chi connectivity index (χ2n) is 3.93. The summed E-state index contributed by atoms with van der Waals surface area (Å²) in [4.78, 5) is 11.3. The van der Waals surface area contributed by atoms with Crippen molar-refractivity contribution in [2.75, 3.05) is 0 Å². The molecule has 0 aliphatic rings. The fourth-order valence-electron chi connectivity index (χ4n) is 1.63. The van der Waals surface area contributed by atoms with Crippen molar-refractivity contribution in [2.45, 2.75) is 6.54 Å². The lowest BCUT2D eigenvalue weighted by Crippen LogP contribution is -2.12. The summed E-state index contributed by atoms with van der Waals surface area (Å²) in [6.07, 6.45) is 0. The Kier molecular flexibility index (Phi) is 4.19. The van der Waals surface area contributed by atoms with Gasteiger partial charge >= 0.3 is 0 Å². The van der Waals surface area contributed by atoms with Crippen molar-refractivity contribution in [2.24, 2.45) is 11.5 Å². The van der Waals surface area contributed by atoms with E-state index in [9.17, 15) is 4.79 Å². The molecule has 0 aliphatic heterocycles. The van der Waals surface area contributed by atoms with Gasteiger partial charge in [0.25, 0.3) is 5.91 Å². The first-order valence-electron chi connectivity index (χ1n) is 5.67. The molecule has 4 N–H and O–H groups in total. The molecule has 0 bridgehead atoms. The molecule has 19 heavy (non-hydrogen) atoms. The second kappa shape index (κ2) is 5.86. The van der Waals surface area contributed by atoms with E-state index in [-0.39, 0.29) is 0 Å². The smallest absolute Gasteiger partial charge is 0.252 e. The molecule has 0 atom stereocenters. The van der Waals surface area contributed by atoms with Crippen molar-refractivity contribution in [3.63, 3.8) is 0 Å². The monoisotopic (exact) mass is 320 g/mol. The van der Waals surface area contributed by atoms with Gasteiger partial charge in [0.1, 0.15) is 11.5 Å². The Morgan fingerprint density at radius 3 is 2.53 bits per heavy atom. The molecule has 2 rings (SSSR count). The van der Waals surface area contributed by atoms with Crippen molar-refractivity contribution in [3.8, 4) is 11.5 Å². The highest BCUT2D eigenvalue weighted by molar-refractivity contribution is 9.10. The minimum atomic E-state index is -0.523. The summed E-state index contributed by atoms with van der Waals surface area (Å²) < 4.78 is 6.49. The van der Waals surface area contributed by atoms with Crippen LogP contribution >= 0.6 is 15.9 Å². The molecule has 0 unspecified atom stereocenters. The Balaban J connectivity index is 2.34. The third-order valence-electron chi connectivity index (χ3n) is 2.60. The number of hydrogen-bond acceptors (Lipinski definition) is 3. The first kappa shape index (κ1) is 13.6. The number of primary amides is 1. The minimum absolute atomic E-state index is 0.345. The molecule has 1 amide bonds. The summed E-state index contributed by atoms with van der Waals surface area (Å²) >= 11 is 3.41. The van der Waals surface area contributed by atoms with E-state index in [4.69, 9.17) is 16.2 Å². The number of rotatable bonds is 4. The maximum absolute atomic E-state index is 11.3. The zero-order valence-corrected chi connectivity index (χ0v) is 11.7. The standard InChI is InChI=1S/C14H13BrN2O2/c15-11-7-9(8-16)5-6-13(11)19-12-4-2-1-3-10(12)14(17)18/h1-7H,8,16H2,(H2,17,18). The first-order valence-corrected chi connectivity index (χ1v) is 6.46. The van der Waals surface area contributed by atoms with E-state index in [1.807, 2.05) is 12.1 Å². The lowest BCUT2D eigenvalue weighted by molar-refractivity contribution is 0.0998. The second-order valence-corrected chi connectivity index (χ2v) is 4.79. The predicted octanol–water partition coefficient (Wildman–Crippen LogP) is 2.80. The van der Waals surface area contributed by atoms with Crippen LogP contribution in [0.2, 0.25) is 0 Å². The Labute approximate surface area is 119 Å². The summed E-state index contributed by atoms with van der Waals surface area (Å²) in [5.41, 5.74) is 12.2. The number of benzene rings is 2.